The second kappa shape index (κ2) is 6.50. The predicted molar refractivity (Wildman–Crippen MR) is 80.8 cm³/mol. The second-order valence-corrected chi connectivity index (χ2v) is 6.16. The highest BCUT2D eigenvalue weighted by Gasteiger charge is 2.44. The van der Waals surface area contributed by atoms with Crippen LogP contribution in [-0.2, 0) is 15.0 Å². The van der Waals surface area contributed by atoms with E-state index >= 15 is 0 Å². The Morgan fingerprint density at radius 3 is 2.65 bits per heavy atom. The Hall–Kier alpha value is -1.20. The van der Waals surface area contributed by atoms with Gasteiger partial charge in [0.15, 0.2) is 0 Å². The zero-order chi connectivity index (χ0) is 14.6. The highest BCUT2D eigenvalue weighted by molar-refractivity contribution is 7.10. The van der Waals surface area contributed by atoms with Crippen LogP contribution in [0, 0.1) is 0 Å². The zero-order valence-corrected chi connectivity index (χ0v) is 13.0. The highest BCUT2D eigenvalue weighted by atomic mass is 32.1. The summed E-state index contributed by atoms with van der Waals surface area (Å²) in [4.78, 5) is 27.3. The lowest BCUT2D eigenvalue weighted by Crippen LogP contribution is -2.52. The van der Waals surface area contributed by atoms with Crippen LogP contribution in [0.2, 0.25) is 0 Å². The summed E-state index contributed by atoms with van der Waals surface area (Å²) in [6, 6.07) is 3.99. The van der Waals surface area contributed by atoms with Crippen LogP contribution in [0.1, 0.15) is 38.0 Å². The summed E-state index contributed by atoms with van der Waals surface area (Å²) < 4.78 is 0. The number of piperidine rings is 1. The number of nitrogens with one attached hydrogen (secondary N) is 1. The van der Waals surface area contributed by atoms with Crippen LogP contribution >= 0.6 is 11.3 Å². The van der Waals surface area contributed by atoms with Crippen LogP contribution in [0.15, 0.2) is 17.5 Å². The number of nitrogens with zero attached hydrogens (tertiary/aromatic N) is 1. The molecule has 4 nitrogen and oxygen atoms in total. The van der Waals surface area contributed by atoms with E-state index < -0.39 is 5.41 Å². The number of rotatable bonds is 6. The maximum atomic E-state index is 12.5. The van der Waals surface area contributed by atoms with Crippen molar-refractivity contribution in [1.29, 1.82) is 0 Å². The van der Waals surface area contributed by atoms with Gasteiger partial charge in [-0.3, -0.25) is 14.9 Å². The van der Waals surface area contributed by atoms with Crippen molar-refractivity contribution in [3.8, 4) is 0 Å². The van der Waals surface area contributed by atoms with Crippen molar-refractivity contribution in [1.82, 2.24) is 10.2 Å². The third-order valence-corrected chi connectivity index (χ3v) is 5.28. The first-order chi connectivity index (χ1) is 9.62. The Morgan fingerprint density at radius 1 is 1.35 bits per heavy atom. The topological polar surface area (TPSA) is 49.4 Å². The van der Waals surface area contributed by atoms with E-state index in [0.29, 0.717) is 12.8 Å². The van der Waals surface area contributed by atoms with Gasteiger partial charge in [0.2, 0.25) is 11.8 Å². The SMILES string of the molecule is CCN(CC)CCC1(c2cccs2)CCC(=O)NC1=O. The Morgan fingerprint density at radius 2 is 2.10 bits per heavy atom. The fourth-order valence-electron chi connectivity index (χ4n) is 2.79. The molecule has 1 N–H and O–H groups in total. The first-order valence-electron chi connectivity index (χ1n) is 7.23. The normalized spacial score (nSPS) is 23.1. The van der Waals surface area contributed by atoms with Crippen molar-refractivity contribution in [3.05, 3.63) is 22.4 Å². The smallest absolute Gasteiger partial charge is 0.238 e. The largest absolute Gasteiger partial charge is 0.304 e. The van der Waals surface area contributed by atoms with Crippen LogP contribution < -0.4 is 5.32 Å². The summed E-state index contributed by atoms with van der Waals surface area (Å²) in [6.45, 7) is 7.11. The van der Waals surface area contributed by atoms with E-state index in [-0.39, 0.29) is 11.8 Å². The molecule has 2 rings (SSSR count). The number of amides is 2. The van der Waals surface area contributed by atoms with Crippen LogP contribution in [0.5, 0.6) is 0 Å². The van der Waals surface area contributed by atoms with Crippen molar-refractivity contribution in [2.45, 2.75) is 38.5 Å². The maximum absolute atomic E-state index is 12.5. The molecule has 1 fully saturated rings. The fraction of sp³-hybridized carbons (Fsp3) is 0.600. The average Bonchev–Trinajstić information content (AvgIpc) is 2.97. The molecule has 1 aromatic heterocycles. The van der Waals surface area contributed by atoms with Crippen molar-refractivity contribution in [2.24, 2.45) is 0 Å². The molecular weight excluding hydrogens is 272 g/mol. The van der Waals surface area contributed by atoms with Crippen molar-refractivity contribution >= 4 is 23.2 Å². The summed E-state index contributed by atoms with van der Waals surface area (Å²) in [5.74, 6) is -0.270. The van der Waals surface area contributed by atoms with Gasteiger partial charge < -0.3 is 4.90 Å². The van der Waals surface area contributed by atoms with Gasteiger partial charge in [-0.1, -0.05) is 19.9 Å². The first-order valence-corrected chi connectivity index (χ1v) is 8.11. The molecule has 0 saturated carbocycles. The molecule has 1 aliphatic rings. The molecule has 5 heteroatoms. The van der Waals surface area contributed by atoms with Crippen LogP contribution in [0.3, 0.4) is 0 Å². The number of thiophene rings is 1. The van der Waals surface area contributed by atoms with E-state index in [1.165, 1.54) is 0 Å². The Labute approximate surface area is 124 Å². The molecule has 1 atom stereocenters. The molecule has 0 aliphatic carbocycles. The van der Waals surface area contributed by atoms with Gasteiger partial charge in [0.05, 0.1) is 5.41 Å². The molecule has 0 radical (unpaired) electrons. The first kappa shape index (κ1) is 15.2. The van der Waals surface area contributed by atoms with Crippen LogP contribution in [-0.4, -0.2) is 36.3 Å². The van der Waals surface area contributed by atoms with Crippen molar-refractivity contribution in [2.75, 3.05) is 19.6 Å². The highest BCUT2D eigenvalue weighted by Crippen LogP contribution is 2.38. The average molecular weight is 294 g/mol. The van der Waals surface area contributed by atoms with Gasteiger partial charge in [-0.05, 0) is 43.9 Å². The molecule has 1 aromatic rings. The van der Waals surface area contributed by atoms with Crippen LogP contribution in [0.25, 0.3) is 0 Å². The fourth-order valence-corrected chi connectivity index (χ4v) is 3.77. The lowest BCUT2D eigenvalue weighted by Gasteiger charge is -2.36. The zero-order valence-electron chi connectivity index (χ0n) is 12.1. The molecule has 2 amide bonds. The van der Waals surface area contributed by atoms with Gasteiger partial charge in [-0.2, -0.15) is 0 Å². The minimum Gasteiger partial charge on any atom is -0.304 e. The van der Waals surface area contributed by atoms with Gasteiger partial charge in [0, 0.05) is 11.3 Å². The molecule has 110 valence electrons. The molecule has 0 aromatic carbocycles. The number of carbonyl (C=O) groups is 2. The number of hydrogen-bond acceptors (Lipinski definition) is 4. The van der Waals surface area contributed by atoms with Crippen LogP contribution in [0.4, 0.5) is 0 Å². The number of imide groups is 1. The van der Waals surface area contributed by atoms with Crippen molar-refractivity contribution < 1.29 is 9.59 Å². The quantitative estimate of drug-likeness (QED) is 0.818. The molecule has 1 aliphatic heterocycles. The standard InChI is InChI=1S/C15H22N2O2S/c1-3-17(4-2)10-9-15(12-6-5-11-20-12)8-7-13(18)16-14(15)19/h5-6,11H,3-4,7-10H2,1-2H3,(H,16,18,19). The minimum absolute atomic E-state index is 0.122. The van der Waals surface area contributed by atoms with Crippen molar-refractivity contribution in [3.63, 3.8) is 0 Å². The second-order valence-electron chi connectivity index (χ2n) is 5.21. The third-order valence-electron chi connectivity index (χ3n) is 4.21. The molecule has 2 heterocycles. The lowest BCUT2D eigenvalue weighted by molar-refractivity contribution is -0.138. The van der Waals surface area contributed by atoms with E-state index in [0.717, 1.165) is 30.9 Å². The van der Waals surface area contributed by atoms with E-state index in [2.05, 4.69) is 24.1 Å². The molecule has 1 saturated heterocycles. The summed E-state index contributed by atoms with van der Waals surface area (Å²) in [5, 5.41) is 4.53. The third kappa shape index (κ3) is 2.94. The molecule has 20 heavy (non-hydrogen) atoms. The van der Waals surface area contributed by atoms with E-state index in [9.17, 15) is 9.59 Å². The molecule has 0 bridgehead atoms. The predicted octanol–water partition coefficient (Wildman–Crippen LogP) is 2.15. The Balaban J connectivity index is 2.21. The number of hydrogen-bond donors (Lipinski definition) is 1. The van der Waals surface area contributed by atoms with Gasteiger partial charge >= 0.3 is 0 Å². The van der Waals surface area contributed by atoms with Gasteiger partial charge in [0.1, 0.15) is 0 Å². The summed E-state index contributed by atoms with van der Waals surface area (Å²) in [7, 11) is 0. The molecule has 1 unspecified atom stereocenters. The van der Waals surface area contributed by atoms with Gasteiger partial charge in [-0.25, -0.2) is 0 Å². The van der Waals surface area contributed by atoms with Gasteiger partial charge in [-0.15, -0.1) is 11.3 Å². The maximum Gasteiger partial charge on any atom is 0.238 e. The summed E-state index contributed by atoms with van der Waals surface area (Å²) >= 11 is 1.61. The monoisotopic (exact) mass is 294 g/mol. The summed E-state index contributed by atoms with van der Waals surface area (Å²) in [5.41, 5.74) is -0.523. The van der Waals surface area contributed by atoms with E-state index in [1.54, 1.807) is 11.3 Å². The summed E-state index contributed by atoms with van der Waals surface area (Å²) in [6.07, 6.45) is 1.83. The molecular formula is C15H22N2O2S. The Bertz CT molecular complexity index is 468. The van der Waals surface area contributed by atoms with Gasteiger partial charge in [0.25, 0.3) is 0 Å². The van der Waals surface area contributed by atoms with E-state index in [1.807, 2.05) is 17.5 Å². The van der Waals surface area contributed by atoms with E-state index in [4.69, 9.17) is 0 Å². The molecule has 0 spiro atoms. The Kier molecular flexibility index (Phi) is 4.94. The lowest BCUT2D eigenvalue weighted by atomic mass is 9.75. The minimum atomic E-state index is -0.523. The number of carbonyl (C=O) groups excluding carboxylic acids is 2.